The zero-order valence-corrected chi connectivity index (χ0v) is 16.9. The van der Waals surface area contributed by atoms with Gasteiger partial charge in [0.15, 0.2) is 10.3 Å². The van der Waals surface area contributed by atoms with E-state index in [2.05, 4.69) is 34.8 Å². The third-order valence-corrected chi connectivity index (χ3v) is 7.20. The number of aromatic nitrogens is 2. The summed E-state index contributed by atoms with van der Waals surface area (Å²) in [5.74, 6) is 0. The predicted molar refractivity (Wildman–Crippen MR) is 110 cm³/mol. The van der Waals surface area contributed by atoms with Gasteiger partial charge in [0.1, 0.15) is 4.34 Å². The van der Waals surface area contributed by atoms with Crippen LogP contribution in [-0.2, 0) is 0 Å². The SMILES string of the molecule is CSc1cccc2sc(Nc3nc(-c4cc(Cl)sc4Cl)cs3)nc12. The fourth-order valence-corrected chi connectivity index (χ4v) is 5.98. The zero-order chi connectivity index (χ0) is 16.7. The maximum atomic E-state index is 6.20. The van der Waals surface area contributed by atoms with E-state index in [4.69, 9.17) is 28.2 Å². The van der Waals surface area contributed by atoms with Gasteiger partial charge < -0.3 is 5.32 Å². The van der Waals surface area contributed by atoms with Crippen LogP contribution in [0.5, 0.6) is 0 Å². The number of thiazole rings is 2. The molecule has 0 aliphatic heterocycles. The van der Waals surface area contributed by atoms with Gasteiger partial charge in [0.2, 0.25) is 0 Å². The Morgan fingerprint density at radius 3 is 2.75 bits per heavy atom. The lowest BCUT2D eigenvalue weighted by atomic mass is 10.3. The number of anilines is 2. The summed E-state index contributed by atoms with van der Waals surface area (Å²) in [6.07, 6.45) is 2.06. The van der Waals surface area contributed by atoms with Crippen molar-refractivity contribution in [3.63, 3.8) is 0 Å². The molecule has 3 nitrogen and oxygen atoms in total. The van der Waals surface area contributed by atoms with Gasteiger partial charge in [0, 0.05) is 15.8 Å². The summed E-state index contributed by atoms with van der Waals surface area (Å²) in [7, 11) is 0. The molecule has 3 aromatic heterocycles. The number of nitrogens with one attached hydrogen (secondary N) is 1. The summed E-state index contributed by atoms with van der Waals surface area (Å²) in [6.45, 7) is 0. The molecule has 4 rings (SSSR count). The van der Waals surface area contributed by atoms with Gasteiger partial charge >= 0.3 is 0 Å². The molecule has 0 fully saturated rings. The van der Waals surface area contributed by atoms with Crippen molar-refractivity contribution in [1.82, 2.24) is 9.97 Å². The van der Waals surface area contributed by atoms with Crippen molar-refractivity contribution in [3.8, 4) is 11.3 Å². The zero-order valence-electron chi connectivity index (χ0n) is 12.2. The lowest BCUT2D eigenvalue weighted by molar-refractivity contribution is 1.35. The first-order valence-corrected chi connectivity index (χ1v) is 11.2. The van der Waals surface area contributed by atoms with Crippen molar-refractivity contribution >= 4 is 89.5 Å². The van der Waals surface area contributed by atoms with Crippen molar-refractivity contribution in [2.45, 2.75) is 4.90 Å². The van der Waals surface area contributed by atoms with Crippen LogP contribution < -0.4 is 5.32 Å². The van der Waals surface area contributed by atoms with Crippen LogP contribution >= 0.6 is 69.0 Å². The fraction of sp³-hybridized carbons (Fsp3) is 0.0667. The van der Waals surface area contributed by atoms with Gasteiger partial charge in [-0.05, 0) is 24.5 Å². The number of thioether (sulfide) groups is 1. The number of hydrogen-bond acceptors (Lipinski definition) is 7. The summed E-state index contributed by atoms with van der Waals surface area (Å²) >= 11 is 18.4. The number of fused-ring (bicyclic) bond motifs is 1. The topological polar surface area (TPSA) is 37.8 Å². The van der Waals surface area contributed by atoms with Crippen molar-refractivity contribution in [1.29, 1.82) is 0 Å². The van der Waals surface area contributed by atoms with E-state index >= 15 is 0 Å². The molecule has 0 atom stereocenters. The summed E-state index contributed by atoms with van der Waals surface area (Å²) in [6, 6.07) is 8.06. The third-order valence-electron chi connectivity index (χ3n) is 3.25. The van der Waals surface area contributed by atoms with Crippen LogP contribution in [-0.4, -0.2) is 16.2 Å². The largest absolute Gasteiger partial charge is 0.307 e. The van der Waals surface area contributed by atoms with Gasteiger partial charge in [0.25, 0.3) is 0 Å². The Kier molecular flexibility index (Phi) is 4.73. The highest BCUT2D eigenvalue weighted by atomic mass is 35.5. The van der Waals surface area contributed by atoms with E-state index in [0.717, 1.165) is 31.7 Å². The smallest absolute Gasteiger partial charge is 0.190 e. The Morgan fingerprint density at radius 1 is 1.12 bits per heavy atom. The first-order valence-electron chi connectivity index (χ1n) is 6.75. The highest BCUT2D eigenvalue weighted by Crippen LogP contribution is 2.40. The molecule has 0 saturated heterocycles. The lowest BCUT2D eigenvalue weighted by Crippen LogP contribution is -1.88. The normalized spacial score (nSPS) is 11.3. The third kappa shape index (κ3) is 3.16. The molecule has 0 bridgehead atoms. The van der Waals surface area contributed by atoms with Crippen LogP contribution in [0, 0.1) is 0 Å². The molecule has 0 saturated carbocycles. The first-order chi connectivity index (χ1) is 11.6. The molecule has 0 amide bonds. The molecular weight excluding hydrogens is 421 g/mol. The van der Waals surface area contributed by atoms with Crippen LogP contribution in [0.15, 0.2) is 34.5 Å². The minimum Gasteiger partial charge on any atom is -0.307 e. The molecule has 0 spiro atoms. The van der Waals surface area contributed by atoms with E-state index in [1.54, 1.807) is 23.1 Å². The van der Waals surface area contributed by atoms with Gasteiger partial charge in [0.05, 0.1) is 20.2 Å². The van der Waals surface area contributed by atoms with Gasteiger partial charge in [-0.3, -0.25) is 0 Å². The molecule has 9 heteroatoms. The fourth-order valence-electron chi connectivity index (χ4n) is 2.20. The molecule has 0 radical (unpaired) electrons. The maximum absolute atomic E-state index is 6.20. The summed E-state index contributed by atoms with van der Waals surface area (Å²) < 4.78 is 2.48. The van der Waals surface area contributed by atoms with Crippen molar-refractivity contribution < 1.29 is 0 Å². The van der Waals surface area contributed by atoms with Gasteiger partial charge in [-0.25, -0.2) is 9.97 Å². The van der Waals surface area contributed by atoms with Crippen LogP contribution in [0.2, 0.25) is 8.67 Å². The van der Waals surface area contributed by atoms with E-state index in [-0.39, 0.29) is 0 Å². The molecule has 3 heterocycles. The second-order valence-electron chi connectivity index (χ2n) is 4.73. The van der Waals surface area contributed by atoms with E-state index in [0.29, 0.717) is 8.67 Å². The van der Waals surface area contributed by atoms with Crippen molar-refractivity contribution in [2.24, 2.45) is 0 Å². The molecule has 0 unspecified atom stereocenters. The van der Waals surface area contributed by atoms with Crippen LogP contribution in [0.4, 0.5) is 10.3 Å². The Labute approximate surface area is 164 Å². The molecule has 0 aliphatic rings. The molecular formula is C15H9Cl2N3S4. The van der Waals surface area contributed by atoms with E-state index < -0.39 is 0 Å². The van der Waals surface area contributed by atoms with E-state index in [9.17, 15) is 0 Å². The number of nitrogens with zero attached hydrogens (tertiary/aromatic N) is 2. The highest BCUT2D eigenvalue weighted by Gasteiger charge is 2.13. The second kappa shape index (κ2) is 6.82. The Balaban J connectivity index is 1.63. The van der Waals surface area contributed by atoms with Gasteiger partial charge in [-0.15, -0.1) is 34.4 Å². The quantitative estimate of drug-likeness (QED) is 0.346. The molecule has 4 aromatic rings. The number of halogens is 2. The molecule has 1 aromatic carbocycles. The molecule has 1 N–H and O–H groups in total. The minimum atomic E-state index is 0.654. The Hall–Kier alpha value is -0.830. The van der Waals surface area contributed by atoms with Crippen LogP contribution in [0.25, 0.3) is 21.5 Å². The monoisotopic (exact) mass is 429 g/mol. The standard InChI is InChI=1S/C15H9Cl2N3S4/c1-21-9-3-2-4-10-12(9)19-15(23-10)20-14-18-8(6-22-14)7-5-11(16)24-13(7)17/h2-6H,1H3,(H,18,19,20). The maximum Gasteiger partial charge on any atom is 0.190 e. The average molecular weight is 430 g/mol. The van der Waals surface area contributed by atoms with Crippen LogP contribution in [0.3, 0.4) is 0 Å². The summed E-state index contributed by atoms with van der Waals surface area (Å²) in [5, 5.41) is 6.88. The summed E-state index contributed by atoms with van der Waals surface area (Å²) in [4.78, 5) is 10.5. The van der Waals surface area contributed by atoms with Crippen molar-refractivity contribution in [3.05, 3.63) is 38.3 Å². The summed E-state index contributed by atoms with van der Waals surface area (Å²) in [5.41, 5.74) is 2.72. The van der Waals surface area contributed by atoms with E-state index in [1.807, 2.05) is 11.4 Å². The lowest BCUT2D eigenvalue weighted by Gasteiger charge is -1.96. The minimum absolute atomic E-state index is 0.654. The number of thiophene rings is 1. The van der Waals surface area contributed by atoms with Crippen LogP contribution in [0.1, 0.15) is 0 Å². The predicted octanol–water partition coefficient (Wildman–Crippen LogP) is 7.25. The molecule has 24 heavy (non-hydrogen) atoms. The number of rotatable bonds is 4. The van der Waals surface area contributed by atoms with Gasteiger partial charge in [-0.1, -0.05) is 40.6 Å². The number of hydrogen-bond donors (Lipinski definition) is 1. The number of para-hydroxylation sites is 1. The molecule has 0 aliphatic carbocycles. The molecule has 122 valence electrons. The Bertz CT molecular complexity index is 1020. The van der Waals surface area contributed by atoms with E-state index in [1.165, 1.54) is 27.6 Å². The Morgan fingerprint density at radius 2 is 2.00 bits per heavy atom. The highest BCUT2D eigenvalue weighted by molar-refractivity contribution is 7.98. The average Bonchev–Trinajstić information content (AvgIpc) is 3.25. The van der Waals surface area contributed by atoms with Crippen molar-refractivity contribution in [2.75, 3.05) is 11.6 Å². The number of benzene rings is 1. The second-order valence-corrected chi connectivity index (χ2v) is 9.75. The first kappa shape index (κ1) is 16.6. The van der Waals surface area contributed by atoms with Gasteiger partial charge in [-0.2, -0.15) is 0 Å².